The number of carbonyl (C=O) groups excluding carboxylic acids is 1. The van der Waals surface area contributed by atoms with Gasteiger partial charge in [0.2, 0.25) is 5.91 Å². The molecule has 0 spiro atoms. The maximum absolute atomic E-state index is 12.4. The van der Waals surface area contributed by atoms with Gasteiger partial charge >= 0.3 is 0 Å². The zero-order chi connectivity index (χ0) is 22.3. The molecule has 0 aliphatic carbocycles. The molecule has 1 amide bonds. The summed E-state index contributed by atoms with van der Waals surface area (Å²) in [5, 5.41) is 8.38. The highest BCUT2D eigenvalue weighted by atomic mass is 35.5. The average Bonchev–Trinajstić information content (AvgIpc) is 3.27. The summed E-state index contributed by atoms with van der Waals surface area (Å²) >= 11 is 6.16. The Kier molecular flexibility index (Phi) is 6.87. The number of amides is 1. The van der Waals surface area contributed by atoms with Crippen LogP contribution in [-0.2, 0) is 17.8 Å². The van der Waals surface area contributed by atoms with Crippen LogP contribution in [0.4, 0.5) is 0 Å². The van der Waals surface area contributed by atoms with Crippen molar-refractivity contribution in [1.29, 1.82) is 0 Å². The zero-order valence-electron chi connectivity index (χ0n) is 17.8. The number of carbonyl (C=O) groups is 1. The lowest BCUT2D eigenvalue weighted by atomic mass is 10.1. The van der Waals surface area contributed by atoms with Gasteiger partial charge in [0.15, 0.2) is 0 Å². The van der Waals surface area contributed by atoms with E-state index < -0.39 is 0 Å². The Morgan fingerprint density at radius 2 is 1.72 bits per heavy atom. The Morgan fingerprint density at radius 3 is 2.44 bits per heavy atom. The Labute approximate surface area is 192 Å². The van der Waals surface area contributed by atoms with Crippen molar-refractivity contribution >= 4 is 17.5 Å². The Balaban J connectivity index is 1.49. The molecule has 0 saturated carbocycles. The third-order valence-electron chi connectivity index (χ3n) is 5.19. The monoisotopic (exact) mass is 445 g/mol. The number of halogens is 1. The first kappa shape index (κ1) is 21.7. The summed E-state index contributed by atoms with van der Waals surface area (Å²) in [7, 11) is 1.65. The maximum Gasteiger partial charge on any atom is 0.220 e. The van der Waals surface area contributed by atoms with Gasteiger partial charge in [-0.2, -0.15) is 5.10 Å². The van der Waals surface area contributed by atoms with Crippen molar-refractivity contribution in [3.8, 4) is 22.7 Å². The molecule has 1 N–H and O–H groups in total. The zero-order valence-corrected chi connectivity index (χ0v) is 18.5. The Bertz CT molecular complexity index is 1190. The van der Waals surface area contributed by atoms with E-state index in [2.05, 4.69) is 17.4 Å². The van der Waals surface area contributed by atoms with Crippen molar-refractivity contribution in [2.24, 2.45) is 0 Å². The predicted molar refractivity (Wildman–Crippen MR) is 127 cm³/mol. The van der Waals surface area contributed by atoms with Gasteiger partial charge < -0.3 is 10.1 Å². The molecule has 0 bridgehead atoms. The number of aryl methyl sites for hydroxylation is 1. The van der Waals surface area contributed by atoms with Crippen LogP contribution in [0.5, 0.6) is 5.75 Å². The number of methoxy groups -OCH3 is 1. The van der Waals surface area contributed by atoms with Crippen molar-refractivity contribution in [1.82, 2.24) is 15.1 Å². The second kappa shape index (κ2) is 10.2. The van der Waals surface area contributed by atoms with Crippen LogP contribution in [0.1, 0.15) is 17.7 Å². The van der Waals surface area contributed by atoms with E-state index in [0.29, 0.717) is 24.4 Å². The van der Waals surface area contributed by atoms with Gasteiger partial charge in [-0.1, -0.05) is 60.1 Å². The number of rotatable bonds is 8. The first-order chi connectivity index (χ1) is 15.6. The molecule has 0 fully saturated rings. The van der Waals surface area contributed by atoms with Crippen molar-refractivity contribution in [2.75, 3.05) is 7.11 Å². The number of hydrogen-bond donors (Lipinski definition) is 1. The van der Waals surface area contributed by atoms with Crippen LogP contribution < -0.4 is 10.1 Å². The molecule has 32 heavy (non-hydrogen) atoms. The minimum Gasteiger partial charge on any atom is -0.497 e. The standard InChI is InChI=1S/C26H24ClN3O2/c1-32-23-14-12-22(13-15-23)30-25(19-7-3-2-4-8-19)17-21(29-30)11-16-26(31)28-18-20-9-5-6-10-24(20)27/h2-10,12-15,17H,11,16,18H2,1H3,(H,28,31). The van der Waals surface area contributed by atoms with E-state index in [9.17, 15) is 4.79 Å². The molecule has 6 heteroatoms. The number of aromatic nitrogens is 2. The third kappa shape index (κ3) is 5.18. The highest BCUT2D eigenvalue weighted by Crippen LogP contribution is 2.25. The van der Waals surface area contributed by atoms with Crippen LogP contribution in [-0.4, -0.2) is 22.8 Å². The van der Waals surface area contributed by atoms with Gasteiger partial charge in [0.05, 0.1) is 24.2 Å². The molecule has 5 nitrogen and oxygen atoms in total. The van der Waals surface area contributed by atoms with E-state index in [0.717, 1.165) is 34.0 Å². The molecule has 1 heterocycles. The lowest BCUT2D eigenvalue weighted by Crippen LogP contribution is -2.23. The lowest BCUT2D eigenvalue weighted by Gasteiger charge is -2.08. The fourth-order valence-corrected chi connectivity index (χ4v) is 3.66. The Hall–Kier alpha value is -3.57. The van der Waals surface area contributed by atoms with Gasteiger partial charge in [-0.25, -0.2) is 4.68 Å². The number of nitrogens with one attached hydrogen (secondary N) is 1. The topological polar surface area (TPSA) is 56.2 Å². The molecular weight excluding hydrogens is 422 g/mol. The summed E-state index contributed by atoms with van der Waals surface area (Å²) in [6.07, 6.45) is 0.885. The maximum atomic E-state index is 12.4. The summed E-state index contributed by atoms with van der Waals surface area (Å²) in [4.78, 5) is 12.4. The van der Waals surface area contributed by atoms with E-state index in [4.69, 9.17) is 21.4 Å². The third-order valence-corrected chi connectivity index (χ3v) is 5.56. The number of nitrogens with zero attached hydrogens (tertiary/aromatic N) is 2. The number of hydrogen-bond acceptors (Lipinski definition) is 3. The minimum atomic E-state index is -0.0369. The second-order valence-electron chi connectivity index (χ2n) is 7.36. The lowest BCUT2D eigenvalue weighted by molar-refractivity contribution is -0.121. The smallest absolute Gasteiger partial charge is 0.220 e. The molecule has 0 saturated heterocycles. The summed E-state index contributed by atoms with van der Waals surface area (Å²) in [6, 6.07) is 27.4. The molecule has 162 valence electrons. The molecule has 0 atom stereocenters. The van der Waals surface area contributed by atoms with Crippen molar-refractivity contribution in [3.05, 3.63) is 101 Å². The molecule has 3 aromatic carbocycles. The van der Waals surface area contributed by atoms with Crippen molar-refractivity contribution < 1.29 is 9.53 Å². The first-order valence-corrected chi connectivity index (χ1v) is 10.8. The Morgan fingerprint density at radius 1 is 1.00 bits per heavy atom. The van der Waals surface area contributed by atoms with Gasteiger partial charge in [-0.3, -0.25) is 4.79 Å². The summed E-state index contributed by atoms with van der Waals surface area (Å²) < 4.78 is 7.18. The largest absolute Gasteiger partial charge is 0.497 e. The van der Waals surface area contributed by atoms with Gasteiger partial charge in [-0.15, -0.1) is 0 Å². The second-order valence-corrected chi connectivity index (χ2v) is 7.77. The summed E-state index contributed by atoms with van der Waals surface area (Å²) in [6.45, 7) is 0.411. The number of ether oxygens (including phenoxy) is 1. The van der Waals surface area contributed by atoms with E-state index in [1.807, 2.05) is 77.5 Å². The normalized spacial score (nSPS) is 10.7. The van der Waals surface area contributed by atoms with Crippen LogP contribution in [0, 0.1) is 0 Å². The highest BCUT2D eigenvalue weighted by Gasteiger charge is 2.13. The van der Waals surface area contributed by atoms with E-state index >= 15 is 0 Å². The predicted octanol–water partition coefficient (Wildman–Crippen LogP) is 5.45. The molecule has 1 aromatic heterocycles. The molecular formula is C26H24ClN3O2. The molecule has 0 unspecified atom stereocenters. The first-order valence-electron chi connectivity index (χ1n) is 10.4. The van der Waals surface area contributed by atoms with E-state index in [1.54, 1.807) is 7.11 Å². The van der Waals surface area contributed by atoms with Gasteiger partial charge in [0.1, 0.15) is 5.75 Å². The molecule has 4 rings (SSSR count). The van der Waals surface area contributed by atoms with Crippen LogP contribution in [0.15, 0.2) is 84.9 Å². The molecule has 0 aliphatic heterocycles. The van der Waals surface area contributed by atoms with Gasteiger partial charge in [-0.05, 0) is 42.0 Å². The fourth-order valence-electron chi connectivity index (χ4n) is 3.45. The van der Waals surface area contributed by atoms with Crippen LogP contribution in [0.2, 0.25) is 5.02 Å². The minimum absolute atomic E-state index is 0.0369. The van der Waals surface area contributed by atoms with Gasteiger partial charge in [0.25, 0.3) is 0 Å². The SMILES string of the molecule is COc1ccc(-n2nc(CCC(=O)NCc3ccccc3Cl)cc2-c2ccccc2)cc1. The average molecular weight is 446 g/mol. The highest BCUT2D eigenvalue weighted by molar-refractivity contribution is 6.31. The van der Waals surface area contributed by atoms with Crippen molar-refractivity contribution in [3.63, 3.8) is 0 Å². The van der Waals surface area contributed by atoms with E-state index in [1.165, 1.54) is 0 Å². The van der Waals surface area contributed by atoms with Crippen molar-refractivity contribution in [2.45, 2.75) is 19.4 Å². The fraction of sp³-hybridized carbons (Fsp3) is 0.154. The molecule has 0 radical (unpaired) electrons. The van der Waals surface area contributed by atoms with Gasteiger partial charge in [0, 0.05) is 30.0 Å². The quantitative estimate of drug-likeness (QED) is 0.392. The molecule has 0 aliphatic rings. The van der Waals surface area contributed by atoms with Crippen LogP contribution in [0.25, 0.3) is 16.9 Å². The summed E-state index contributed by atoms with van der Waals surface area (Å²) in [5.41, 5.74) is 4.72. The summed E-state index contributed by atoms with van der Waals surface area (Å²) in [5.74, 6) is 0.753. The van der Waals surface area contributed by atoms with E-state index in [-0.39, 0.29) is 5.91 Å². The van der Waals surface area contributed by atoms with Crippen LogP contribution >= 0.6 is 11.6 Å². The van der Waals surface area contributed by atoms with Crippen LogP contribution in [0.3, 0.4) is 0 Å². The number of benzene rings is 3. The molecule has 4 aromatic rings.